The number of hydrogen-bond donors (Lipinski definition) is 0. The molecule has 0 saturated heterocycles. The Labute approximate surface area is 127 Å². The van der Waals surface area contributed by atoms with E-state index < -0.39 is 18.0 Å². The minimum absolute atomic E-state index is 0.0109. The molecular formula is C16H16O6. The van der Waals surface area contributed by atoms with E-state index in [2.05, 4.69) is 6.58 Å². The van der Waals surface area contributed by atoms with Gasteiger partial charge in [-0.15, -0.1) is 0 Å². The van der Waals surface area contributed by atoms with Crippen molar-refractivity contribution >= 4 is 24.0 Å². The first-order valence-electron chi connectivity index (χ1n) is 6.44. The number of ketones is 1. The van der Waals surface area contributed by atoms with Crippen LogP contribution in [0.5, 0.6) is 5.75 Å². The molecule has 22 heavy (non-hydrogen) atoms. The largest absolute Gasteiger partial charge is 0.447 e. The standard InChI is InChI=1S/C16H16O6/c1-9(2)15(19)21-11(4)16(20)22-14-6-5-12(10(3)18)7-13(14)8-17/h5-8,11H,1H2,2-4H3. The minimum Gasteiger partial charge on any atom is -0.447 e. The van der Waals surface area contributed by atoms with Crippen LogP contribution in [0.3, 0.4) is 0 Å². The average Bonchev–Trinajstić information content (AvgIpc) is 2.46. The van der Waals surface area contributed by atoms with Crippen LogP contribution in [0.15, 0.2) is 30.4 Å². The van der Waals surface area contributed by atoms with Gasteiger partial charge in [-0.25, -0.2) is 9.59 Å². The number of benzene rings is 1. The van der Waals surface area contributed by atoms with Crippen LogP contribution in [0.4, 0.5) is 0 Å². The molecule has 116 valence electrons. The highest BCUT2D eigenvalue weighted by Gasteiger charge is 2.21. The molecule has 0 fully saturated rings. The van der Waals surface area contributed by atoms with Gasteiger partial charge in [0.05, 0.1) is 5.56 Å². The Balaban J connectivity index is 2.88. The second-order valence-electron chi connectivity index (χ2n) is 4.68. The van der Waals surface area contributed by atoms with Gasteiger partial charge in [0.15, 0.2) is 18.2 Å². The van der Waals surface area contributed by atoms with Gasteiger partial charge in [0.2, 0.25) is 0 Å². The van der Waals surface area contributed by atoms with Crippen molar-refractivity contribution in [3.05, 3.63) is 41.5 Å². The zero-order valence-corrected chi connectivity index (χ0v) is 12.5. The number of ether oxygens (including phenoxy) is 2. The van der Waals surface area contributed by atoms with Crippen molar-refractivity contribution in [2.24, 2.45) is 0 Å². The maximum atomic E-state index is 11.8. The first kappa shape index (κ1) is 17.3. The van der Waals surface area contributed by atoms with Crippen LogP contribution in [0, 0.1) is 0 Å². The lowest BCUT2D eigenvalue weighted by Gasteiger charge is -2.13. The molecule has 0 saturated carbocycles. The van der Waals surface area contributed by atoms with Crippen LogP contribution >= 0.6 is 0 Å². The summed E-state index contributed by atoms with van der Waals surface area (Å²) in [6.45, 7) is 7.55. The number of rotatable bonds is 6. The van der Waals surface area contributed by atoms with Gasteiger partial charge in [-0.2, -0.15) is 0 Å². The summed E-state index contributed by atoms with van der Waals surface area (Å²) >= 11 is 0. The highest BCUT2D eigenvalue weighted by molar-refractivity contribution is 5.96. The van der Waals surface area contributed by atoms with Crippen LogP contribution in [0.25, 0.3) is 0 Å². The van der Waals surface area contributed by atoms with Gasteiger partial charge < -0.3 is 9.47 Å². The lowest BCUT2D eigenvalue weighted by atomic mass is 10.1. The Kier molecular flexibility index (Phi) is 5.74. The summed E-state index contributed by atoms with van der Waals surface area (Å²) in [6, 6.07) is 4.09. The minimum atomic E-state index is -1.16. The van der Waals surface area contributed by atoms with Crippen LogP contribution in [-0.4, -0.2) is 30.1 Å². The van der Waals surface area contributed by atoms with Crippen molar-refractivity contribution in [2.45, 2.75) is 26.9 Å². The molecule has 0 bridgehead atoms. The molecule has 0 amide bonds. The summed E-state index contributed by atoms with van der Waals surface area (Å²) in [7, 11) is 0. The lowest BCUT2D eigenvalue weighted by Crippen LogP contribution is -2.28. The molecule has 0 aliphatic heterocycles. The smallest absolute Gasteiger partial charge is 0.352 e. The lowest BCUT2D eigenvalue weighted by molar-refractivity contribution is -0.158. The summed E-state index contributed by atoms with van der Waals surface area (Å²) in [5.41, 5.74) is 0.530. The third kappa shape index (κ3) is 4.37. The number of esters is 2. The third-order valence-corrected chi connectivity index (χ3v) is 2.72. The molecule has 0 aliphatic carbocycles. The fraction of sp³-hybridized carbons (Fsp3) is 0.250. The molecule has 1 unspecified atom stereocenters. The van der Waals surface area contributed by atoms with Gasteiger partial charge >= 0.3 is 11.9 Å². The van der Waals surface area contributed by atoms with Crippen molar-refractivity contribution in [2.75, 3.05) is 0 Å². The van der Waals surface area contributed by atoms with E-state index in [0.29, 0.717) is 11.8 Å². The Morgan fingerprint density at radius 2 is 1.86 bits per heavy atom. The highest BCUT2D eigenvalue weighted by atomic mass is 16.6. The average molecular weight is 304 g/mol. The molecule has 0 N–H and O–H groups in total. The van der Waals surface area contributed by atoms with Gasteiger partial charge in [-0.05, 0) is 39.0 Å². The van der Waals surface area contributed by atoms with Crippen molar-refractivity contribution in [3.8, 4) is 5.75 Å². The number of hydrogen-bond acceptors (Lipinski definition) is 6. The van der Waals surface area contributed by atoms with Gasteiger partial charge in [0.25, 0.3) is 0 Å². The molecule has 1 aromatic carbocycles. The topological polar surface area (TPSA) is 86.7 Å². The predicted octanol–water partition coefficient (Wildman–Crippen LogP) is 2.11. The molecule has 6 heteroatoms. The number of aldehydes is 1. The van der Waals surface area contributed by atoms with Crippen molar-refractivity contribution < 1.29 is 28.7 Å². The van der Waals surface area contributed by atoms with Crippen molar-refractivity contribution in [3.63, 3.8) is 0 Å². The van der Waals surface area contributed by atoms with Crippen LogP contribution in [-0.2, 0) is 14.3 Å². The van der Waals surface area contributed by atoms with E-state index >= 15 is 0 Å². The van der Waals surface area contributed by atoms with Crippen LogP contribution in [0.1, 0.15) is 41.5 Å². The molecule has 1 aromatic rings. The van der Waals surface area contributed by atoms with Gasteiger partial charge in [0, 0.05) is 11.1 Å². The maximum Gasteiger partial charge on any atom is 0.352 e. The summed E-state index contributed by atoms with van der Waals surface area (Å²) in [5, 5.41) is 0. The zero-order valence-electron chi connectivity index (χ0n) is 12.5. The summed E-state index contributed by atoms with van der Waals surface area (Å²) in [6.07, 6.45) is -0.684. The van der Waals surface area contributed by atoms with E-state index in [0.717, 1.165) is 0 Å². The Bertz CT molecular complexity index is 644. The molecule has 1 rings (SSSR count). The molecule has 0 spiro atoms. The first-order chi connectivity index (χ1) is 10.3. The number of carbonyl (C=O) groups is 4. The SMILES string of the molecule is C=C(C)C(=O)OC(C)C(=O)Oc1ccc(C(C)=O)cc1C=O. The van der Waals surface area contributed by atoms with Gasteiger partial charge in [-0.3, -0.25) is 9.59 Å². The van der Waals surface area contributed by atoms with Gasteiger partial charge in [0.1, 0.15) is 5.75 Å². The Hall–Kier alpha value is -2.76. The molecule has 0 heterocycles. The normalized spacial score (nSPS) is 11.2. The number of Topliss-reactive ketones (excluding diaryl/α,β-unsaturated/α-hetero) is 1. The van der Waals surface area contributed by atoms with Crippen LogP contribution < -0.4 is 4.74 Å². The Morgan fingerprint density at radius 3 is 2.36 bits per heavy atom. The quantitative estimate of drug-likeness (QED) is 0.263. The fourth-order valence-electron chi connectivity index (χ4n) is 1.45. The zero-order chi connectivity index (χ0) is 16.9. The van der Waals surface area contributed by atoms with E-state index in [1.165, 1.54) is 39.0 Å². The molecular weight excluding hydrogens is 288 g/mol. The highest BCUT2D eigenvalue weighted by Crippen LogP contribution is 2.20. The van der Waals surface area contributed by atoms with Gasteiger partial charge in [-0.1, -0.05) is 6.58 Å². The van der Waals surface area contributed by atoms with E-state index in [-0.39, 0.29) is 22.7 Å². The molecule has 0 radical (unpaired) electrons. The Morgan fingerprint density at radius 1 is 1.23 bits per heavy atom. The predicted molar refractivity (Wildman–Crippen MR) is 77.8 cm³/mol. The molecule has 1 atom stereocenters. The summed E-state index contributed by atoms with van der Waals surface area (Å²) in [5.74, 6) is -1.78. The van der Waals surface area contributed by atoms with E-state index in [1.54, 1.807) is 0 Å². The number of carbonyl (C=O) groups excluding carboxylic acids is 4. The second-order valence-corrected chi connectivity index (χ2v) is 4.68. The molecule has 6 nitrogen and oxygen atoms in total. The first-order valence-corrected chi connectivity index (χ1v) is 6.44. The van der Waals surface area contributed by atoms with E-state index in [1.807, 2.05) is 0 Å². The van der Waals surface area contributed by atoms with Crippen molar-refractivity contribution in [1.29, 1.82) is 0 Å². The molecule has 0 aliphatic rings. The third-order valence-electron chi connectivity index (χ3n) is 2.72. The summed E-state index contributed by atoms with van der Waals surface area (Å²) < 4.78 is 9.85. The van der Waals surface area contributed by atoms with E-state index in [4.69, 9.17) is 9.47 Å². The van der Waals surface area contributed by atoms with Crippen molar-refractivity contribution in [1.82, 2.24) is 0 Å². The van der Waals surface area contributed by atoms with Crippen LogP contribution in [0.2, 0.25) is 0 Å². The fourth-order valence-corrected chi connectivity index (χ4v) is 1.45. The summed E-state index contributed by atoms with van der Waals surface area (Å²) in [4.78, 5) is 45.4. The molecule has 0 aromatic heterocycles. The monoisotopic (exact) mass is 304 g/mol. The second kappa shape index (κ2) is 7.31. The maximum absolute atomic E-state index is 11.8. The van der Waals surface area contributed by atoms with E-state index in [9.17, 15) is 19.2 Å².